The van der Waals surface area contributed by atoms with Gasteiger partial charge in [-0.15, -0.1) is 11.3 Å². The summed E-state index contributed by atoms with van der Waals surface area (Å²) in [6.07, 6.45) is 0. The number of thiazole rings is 1. The van der Waals surface area contributed by atoms with Crippen molar-refractivity contribution in [3.63, 3.8) is 0 Å². The van der Waals surface area contributed by atoms with Gasteiger partial charge in [-0.1, -0.05) is 0 Å². The summed E-state index contributed by atoms with van der Waals surface area (Å²) in [4.78, 5) is 5.37. The lowest BCUT2D eigenvalue weighted by Gasteiger charge is -1.97. The second-order valence-corrected chi connectivity index (χ2v) is 3.82. The summed E-state index contributed by atoms with van der Waals surface area (Å²) < 4.78 is 12.6. The molecule has 0 saturated heterocycles. The van der Waals surface area contributed by atoms with Gasteiger partial charge in [0.1, 0.15) is 5.82 Å². The molecule has 0 radical (unpaired) electrons. The van der Waals surface area contributed by atoms with Crippen LogP contribution in [0, 0.1) is 12.7 Å². The van der Waals surface area contributed by atoms with E-state index < -0.39 is 0 Å². The van der Waals surface area contributed by atoms with E-state index in [-0.39, 0.29) is 5.82 Å². The Morgan fingerprint density at radius 1 is 1.23 bits per heavy atom. The van der Waals surface area contributed by atoms with Crippen LogP contribution in [0.3, 0.4) is 0 Å². The normalized spacial score (nSPS) is 10.3. The number of nitrogens with zero attached hydrogens (tertiary/aromatic N) is 1. The molecular weight excluding hydrogens is 185 g/mol. The molecule has 0 amide bonds. The molecule has 0 aliphatic carbocycles. The fourth-order valence-electron chi connectivity index (χ4n) is 1.19. The first kappa shape index (κ1) is 8.38. The number of aryl methyl sites for hydroxylation is 1. The Morgan fingerprint density at radius 2 is 1.92 bits per heavy atom. The third-order valence-electron chi connectivity index (χ3n) is 1.86. The maximum Gasteiger partial charge on any atom is 0.123 e. The zero-order chi connectivity index (χ0) is 9.26. The van der Waals surface area contributed by atoms with E-state index in [4.69, 9.17) is 0 Å². The first-order valence-electron chi connectivity index (χ1n) is 3.93. The molecule has 0 aliphatic heterocycles. The standard InChI is InChI=1S/C10H8FNS/c1-7-10(12-6-13-7)8-2-4-9(11)5-3-8/h2-6H,1H3. The molecule has 1 nitrogen and oxygen atoms in total. The molecule has 0 saturated carbocycles. The molecular formula is C10H8FNS. The van der Waals surface area contributed by atoms with Crippen molar-refractivity contribution in [2.24, 2.45) is 0 Å². The van der Waals surface area contributed by atoms with Crippen molar-refractivity contribution in [3.8, 4) is 11.3 Å². The van der Waals surface area contributed by atoms with E-state index in [2.05, 4.69) is 4.98 Å². The van der Waals surface area contributed by atoms with Gasteiger partial charge in [-0.2, -0.15) is 0 Å². The molecule has 1 aromatic heterocycles. The lowest BCUT2D eigenvalue weighted by molar-refractivity contribution is 0.628. The minimum Gasteiger partial charge on any atom is -0.244 e. The molecule has 0 unspecified atom stereocenters. The van der Waals surface area contributed by atoms with Gasteiger partial charge in [0.15, 0.2) is 0 Å². The zero-order valence-corrected chi connectivity index (χ0v) is 7.94. The lowest BCUT2D eigenvalue weighted by Crippen LogP contribution is -1.80. The number of benzene rings is 1. The first-order chi connectivity index (χ1) is 6.27. The smallest absolute Gasteiger partial charge is 0.123 e. The summed E-state index contributed by atoms with van der Waals surface area (Å²) in [6, 6.07) is 6.40. The molecule has 2 aromatic rings. The lowest BCUT2D eigenvalue weighted by atomic mass is 10.1. The maximum absolute atomic E-state index is 12.6. The van der Waals surface area contributed by atoms with Crippen LogP contribution in [0.2, 0.25) is 0 Å². The fourth-order valence-corrected chi connectivity index (χ4v) is 1.79. The molecule has 0 aliphatic rings. The summed E-state index contributed by atoms with van der Waals surface area (Å²) in [5.74, 6) is -0.211. The molecule has 0 atom stereocenters. The molecule has 66 valence electrons. The van der Waals surface area contributed by atoms with E-state index in [1.165, 1.54) is 12.1 Å². The van der Waals surface area contributed by atoms with Crippen molar-refractivity contribution in [2.45, 2.75) is 6.92 Å². The van der Waals surface area contributed by atoms with E-state index in [0.717, 1.165) is 16.1 Å². The van der Waals surface area contributed by atoms with Crippen molar-refractivity contribution in [1.82, 2.24) is 4.98 Å². The highest BCUT2D eigenvalue weighted by atomic mass is 32.1. The van der Waals surface area contributed by atoms with Crippen molar-refractivity contribution in [1.29, 1.82) is 0 Å². The van der Waals surface area contributed by atoms with Crippen LogP contribution >= 0.6 is 11.3 Å². The summed E-state index contributed by atoms with van der Waals surface area (Å²) in [7, 11) is 0. The quantitative estimate of drug-likeness (QED) is 0.677. The van der Waals surface area contributed by atoms with Gasteiger partial charge in [0.05, 0.1) is 11.2 Å². The summed E-state index contributed by atoms with van der Waals surface area (Å²) in [5, 5.41) is 0. The highest BCUT2D eigenvalue weighted by Crippen LogP contribution is 2.24. The van der Waals surface area contributed by atoms with Gasteiger partial charge in [0.25, 0.3) is 0 Å². The van der Waals surface area contributed by atoms with E-state index in [1.54, 1.807) is 29.0 Å². The Balaban J connectivity index is 2.47. The summed E-state index contributed by atoms with van der Waals surface area (Å²) in [5.41, 5.74) is 3.72. The van der Waals surface area contributed by atoms with Gasteiger partial charge in [0.2, 0.25) is 0 Å². The fraction of sp³-hybridized carbons (Fsp3) is 0.100. The van der Waals surface area contributed by atoms with Crippen LogP contribution in [0.4, 0.5) is 4.39 Å². The van der Waals surface area contributed by atoms with Gasteiger partial charge >= 0.3 is 0 Å². The van der Waals surface area contributed by atoms with E-state index in [9.17, 15) is 4.39 Å². The van der Waals surface area contributed by atoms with Crippen LogP contribution in [0.25, 0.3) is 11.3 Å². The SMILES string of the molecule is Cc1scnc1-c1ccc(F)cc1. The topological polar surface area (TPSA) is 12.9 Å². The molecule has 0 fully saturated rings. The molecule has 0 spiro atoms. The Hall–Kier alpha value is -1.22. The highest BCUT2D eigenvalue weighted by Gasteiger charge is 2.03. The van der Waals surface area contributed by atoms with Crippen LogP contribution in [0.15, 0.2) is 29.8 Å². The Kier molecular flexibility index (Phi) is 2.10. The number of hydrogen-bond donors (Lipinski definition) is 0. The zero-order valence-electron chi connectivity index (χ0n) is 7.12. The summed E-state index contributed by atoms with van der Waals surface area (Å²) >= 11 is 1.60. The van der Waals surface area contributed by atoms with Crippen molar-refractivity contribution < 1.29 is 4.39 Å². The predicted octanol–water partition coefficient (Wildman–Crippen LogP) is 3.26. The first-order valence-corrected chi connectivity index (χ1v) is 4.81. The average molecular weight is 193 g/mol. The Morgan fingerprint density at radius 3 is 2.46 bits per heavy atom. The molecule has 0 N–H and O–H groups in total. The summed E-state index contributed by atoms with van der Waals surface area (Å²) in [6.45, 7) is 2.01. The second-order valence-electron chi connectivity index (χ2n) is 2.76. The van der Waals surface area contributed by atoms with Crippen molar-refractivity contribution >= 4 is 11.3 Å². The van der Waals surface area contributed by atoms with Crippen LogP contribution in [-0.2, 0) is 0 Å². The Bertz CT molecular complexity index is 405. The van der Waals surface area contributed by atoms with E-state index in [1.807, 2.05) is 6.92 Å². The third kappa shape index (κ3) is 1.60. The van der Waals surface area contributed by atoms with Crippen molar-refractivity contribution in [2.75, 3.05) is 0 Å². The van der Waals surface area contributed by atoms with Crippen LogP contribution < -0.4 is 0 Å². The number of halogens is 1. The number of rotatable bonds is 1. The van der Waals surface area contributed by atoms with Crippen LogP contribution in [-0.4, -0.2) is 4.98 Å². The molecule has 3 heteroatoms. The highest BCUT2D eigenvalue weighted by molar-refractivity contribution is 7.10. The molecule has 1 heterocycles. The average Bonchev–Trinajstić information content (AvgIpc) is 2.53. The van der Waals surface area contributed by atoms with Gasteiger partial charge < -0.3 is 0 Å². The largest absolute Gasteiger partial charge is 0.244 e. The minimum atomic E-state index is -0.211. The molecule has 1 aromatic carbocycles. The van der Waals surface area contributed by atoms with Gasteiger partial charge in [-0.05, 0) is 31.2 Å². The van der Waals surface area contributed by atoms with Gasteiger partial charge in [-0.3, -0.25) is 0 Å². The molecule has 0 bridgehead atoms. The molecule has 2 rings (SSSR count). The van der Waals surface area contributed by atoms with Crippen LogP contribution in [0.5, 0.6) is 0 Å². The van der Waals surface area contributed by atoms with E-state index in [0.29, 0.717) is 0 Å². The Labute approximate surface area is 79.9 Å². The monoisotopic (exact) mass is 193 g/mol. The third-order valence-corrected chi connectivity index (χ3v) is 2.62. The minimum absolute atomic E-state index is 0.211. The van der Waals surface area contributed by atoms with Crippen LogP contribution in [0.1, 0.15) is 4.88 Å². The number of aromatic nitrogens is 1. The van der Waals surface area contributed by atoms with E-state index >= 15 is 0 Å². The maximum atomic E-state index is 12.6. The van der Waals surface area contributed by atoms with Crippen molar-refractivity contribution in [3.05, 3.63) is 40.5 Å². The second kappa shape index (κ2) is 3.26. The molecule has 13 heavy (non-hydrogen) atoms. The predicted molar refractivity (Wildman–Crippen MR) is 52.2 cm³/mol. The van der Waals surface area contributed by atoms with Gasteiger partial charge in [-0.25, -0.2) is 9.37 Å². The number of hydrogen-bond acceptors (Lipinski definition) is 2. The van der Waals surface area contributed by atoms with Gasteiger partial charge in [0, 0.05) is 10.4 Å².